The van der Waals surface area contributed by atoms with Crippen molar-refractivity contribution in [1.82, 2.24) is 9.55 Å². The van der Waals surface area contributed by atoms with Crippen LogP contribution in [0.1, 0.15) is 31.4 Å². The fourth-order valence-corrected chi connectivity index (χ4v) is 4.58. The number of benzene rings is 2. The summed E-state index contributed by atoms with van der Waals surface area (Å²) in [7, 11) is 0. The molecule has 1 aliphatic heterocycles. The number of nitrogen functional groups attached to an aromatic ring is 1. The van der Waals surface area contributed by atoms with E-state index in [-0.39, 0.29) is 43.5 Å². The fourth-order valence-electron chi connectivity index (χ4n) is 4.58. The number of esters is 1. The smallest absolute Gasteiger partial charge is 0.330 e. The minimum absolute atomic E-state index is 0.0306. The van der Waals surface area contributed by atoms with Gasteiger partial charge in [-0.3, -0.25) is 28.7 Å². The number of H-pyrrole nitrogens is 1. The lowest BCUT2D eigenvalue weighted by molar-refractivity contribution is -0.151. The predicted octanol–water partition coefficient (Wildman–Crippen LogP) is 1.68. The summed E-state index contributed by atoms with van der Waals surface area (Å²) in [5.74, 6) is -2.49. The van der Waals surface area contributed by atoms with Crippen LogP contribution in [0.3, 0.4) is 0 Å². The van der Waals surface area contributed by atoms with Gasteiger partial charge in [0.2, 0.25) is 5.91 Å². The van der Waals surface area contributed by atoms with Crippen molar-refractivity contribution in [2.45, 2.75) is 33.2 Å². The van der Waals surface area contributed by atoms with Crippen LogP contribution >= 0.6 is 0 Å². The first-order valence-electron chi connectivity index (χ1n) is 12.8. The highest BCUT2D eigenvalue weighted by molar-refractivity contribution is 6.00. The molecule has 3 aromatic rings. The SMILES string of the molecule is CCc1ccc(N2C[C@@H](C(=O)OCC(=O)N(CC)c3c(N)n(Cc4ccccc4)c(=O)[nH]c3=O)CC2=O)cc1. The summed E-state index contributed by atoms with van der Waals surface area (Å²) >= 11 is 0. The van der Waals surface area contributed by atoms with Crippen molar-refractivity contribution in [2.24, 2.45) is 5.92 Å². The van der Waals surface area contributed by atoms with E-state index in [1.54, 1.807) is 31.2 Å². The second-order valence-electron chi connectivity index (χ2n) is 9.24. The first-order chi connectivity index (χ1) is 18.7. The molecule has 0 bridgehead atoms. The number of nitrogens with zero attached hydrogens (tertiary/aromatic N) is 3. The quantitative estimate of drug-likeness (QED) is 0.398. The van der Waals surface area contributed by atoms with E-state index in [0.29, 0.717) is 5.69 Å². The Kier molecular flexibility index (Phi) is 8.28. The maximum absolute atomic E-state index is 13.0. The number of nitrogens with one attached hydrogen (secondary N) is 1. The van der Waals surface area contributed by atoms with Gasteiger partial charge in [-0.05, 0) is 36.6 Å². The normalized spacial score (nSPS) is 14.9. The molecule has 0 saturated carbocycles. The van der Waals surface area contributed by atoms with E-state index in [1.807, 2.05) is 37.3 Å². The van der Waals surface area contributed by atoms with Gasteiger partial charge in [0.15, 0.2) is 12.3 Å². The van der Waals surface area contributed by atoms with Crippen LogP contribution in [0.4, 0.5) is 17.2 Å². The van der Waals surface area contributed by atoms with Crippen molar-refractivity contribution < 1.29 is 19.1 Å². The second-order valence-corrected chi connectivity index (χ2v) is 9.24. The summed E-state index contributed by atoms with van der Waals surface area (Å²) in [6, 6.07) is 16.6. The van der Waals surface area contributed by atoms with Gasteiger partial charge in [0.1, 0.15) is 5.82 Å². The highest BCUT2D eigenvalue weighted by Gasteiger charge is 2.36. The number of aromatic amines is 1. The summed E-state index contributed by atoms with van der Waals surface area (Å²) in [6.07, 6.45) is 0.842. The number of nitrogens with two attached hydrogens (primary N) is 1. The van der Waals surface area contributed by atoms with Gasteiger partial charge in [-0.15, -0.1) is 0 Å². The van der Waals surface area contributed by atoms with Gasteiger partial charge in [-0.25, -0.2) is 4.79 Å². The molecule has 1 atom stereocenters. The van der Waals surface area contributed by atoms with Crippen LogP contribution in [-0.2, 0) is 32.1 Å². The zero-order valence-corrected chi connectivity index (χ0v) is 21.9. The third-order valence-electron chi connectivity index (χ3n) is 6.74. The number of anilines is 3. The van der Waals surface area contributed by atoms with E-state index < -0.39 is 35.7 Å². The molecule has 2 aromatic carbocycles. The Morgan fingerprint density at radius 1 is 1.03 bits per heavy atom. The molecule has 4 rings (SSSR count). The predicted molar refractivity (Wildman–Crippen MR) is 147 cm³/mol. The zero-order chi connectivity index (χ0) is 28.1. The fraction of sp³-hybridized carbons (Fsp3) is 0.321. The van der Waals surface area contributed by atoms with Crippen LogP contribution < -0.4 is 26.8 Å². The van der Waals surface area contributed by atoms with E-state index in [9.17, 15) is 24.0 Å². The average Bonchev–Trinajstić information content (AvgIpc) is 3.34. The molecule has 1 fully saturated rings. The number of amides is 2. The Bertz CT molecular complexity index is 1480. The van der Waals surface area contributed by atoms with Crippen molar-refractivity contribution in [3.05, 3.63) is 86.6 Å². The topological polar surface area (TPSA) is 148 Å². The molecule has 0 unspecified atom stereocenters. The lowest BCUT2D eigenvalue weighted by Gasteiger charge is -2.23. The van der Waals surface area contributed by atoms with Crippen LogP contribution in [0.5, 0.6) is 0 Å². The number of ether oxygens (including phenoxy) is 1. The first-order valence-corrected chi connectivity index (χ1v) is 12.8. The molecule has 11 heteroatoms. The molecular weight excluding hydrogens is 502 g/mol. The Balaban J connectivity index is 1.45. The molecule has 2 heterocycles. The molecule has 3 N–H and O–H groups in total. The molecule has 39 heavy (non-hydrogen) atoms. The van der Waals surface area contributed by atoms with E-state index >= 15 is 0 Å². The molecule has 1 aliphatic rings. The van der Waals surface area contributed by atoms with E-state index in [1.165, 1.54) is 9.47 Å². The van der Waals surface area contributed by atoms with Crippen molar-refractivity contribution in [3.8, 4) is 0 Å². The summed E-state index contributed by atoms with van der Waals surface area (Å²) in [6.45, 7) is 3.28. The average molecular weight is 534 g/mol. The van der Waals surface area contributed by atoms with Crippen LogP contribution in [0.15, 0.2) is 64.2 Å². The molecule has 1 saturated heterocycles. The number of carbonyl (C=O) groups is 3. The Labute approximate surface area is 224 Å². The molecule has 0 spiro atoms. The Morgan fingerprint density at radius 3 is 2.36 bits per heavy atom. The molecule has 204 valence electrons. The number of hydrogen-bond acceptors (Lipinski definition) is 7. The maximum atomic E-state index is 13.0. The monoisotopic (exact) mass is 533 g/mol. The first kappa shape index (κ1) is 27.4. The standard InChI is InChI=1S/C28H31N5O6/c1-3-18-10-12-21(13-11-18)32-16-20(14-22(32)34)27(37)39-17-23(35)31(4-2)24-25(29)33(28(38)30-26(24)36)15-19-8-6-5-7-9-19/h5-13,20H,3-4,14-17,29H2,1-2H3,(H,30,36,38)/t20-/m0/s1. The highest BCUT2D eigenvalue weighted by atomic mass is 16.5. The van der Waals surface area contributed by atoms with Gasteiger partial charge in [0.25, 0.3) is 11.5 Å². The van der Waals surface area contributed by atoms with Gasteiger partial charge in [0, 0.05) is 25.2 Å². The lowest BCUT2D eigenvalue weighted by atomic mass is 10.1. The molecule has 0 aliphatic carbocycles. The molecule has 2 amide bonds. The molecule has 1 aromatic heterocycles. The number of carbonyl (C=O) groups excluding carboxylic acids is 3. The van der Waals surface area contributed by atoms with Crippen LogP contribution in [0.2, 0.25) is 0 Å². The number of aromatic nitrogens is 2. The second kappa shape index (κ2) is 11.8. The number of rotatable bonds is 9. The van der Waals surface area contributed by atoms with Crippen molar-refractivity contribution in [1.29, 1.82) is 0 Å². The summed E-state index contributed by atoms with van der Waals surface area (Å²) < 4.78 is 6.43. The summed E-state index contributed by atoms with van der Waals surface area (Å²) in [4.78, 5) is 68.3. The van der Waals surface area contributed by atoms with Crippen molar-refractivity contribution >= 4 is 35.0 Å². The van der Waals surface area contributed by atoms with Crippen molar-refractivity contribution in [3.63, 3.8) is 0 Å². The van der Waals surface area contributed by atoms with E-state index in [0.717, 1.165) is 22.4 Å². The minimum Gasteiger partial charge on any atom is -0.455 e. The zero-order valence-electron chi connectivity index (χ0n) is 21.9. The largest absolute Gasteiger partial charge is 0.455 e. The van der Waals surface area contributed by atoms with Gasteiger partial charge in [0.05, 0.1) is 12.5 Å². The number of likely N-dealkylation sites (N-methyl/N-ethyl adjacent to an activating group) is 1. The van der Waals surface area contributed by atoms with Crippen LogP contribution in [0, 0.1) is 5.92 Å². The third-order valence-corrected chi connectivity index (χ3v) is 6.74. The van der Waals surface area contributed by atoms with Crippen molar-refractivity contribution in [2.75, 3.05) is 35.2 Å². The maximum Gasteiger partial charge on any atom is 0.330 e. The molecular formula is C28H31N5O6. The Morgan fingerprint density at radius 2 is 1.72 bits per heavy atom. The van der Waals surface area contributed by atoms with Gasteiger partial charge >= 0.3 is 11.7 Å². The number of aryl methyl sites for hydroxylation is 1. The van der Waals surface area contributed by atoms with Gasteiger partial charge in [-0.1, -0.05) is 49.4 Å². The van der Waals surface area contributed by atoms with Crippen LogP contribution in [-0.4, -0.2) is 47.0 Å². The number of hydrogen-bond donors (Lipinski definition) is 2. The lowest BCUT2D eigenvalue weighted by Crippen LogP contribution is -2.43. The summed E-state index contributed by atoms with van der Waals surface area (Å²) in [5.41, 5.74) is 7.07. The third kappa shape index (κ3) is 5.92. The van der Waals surface area contributed by atoms with Gasteiger partial charge < -0.3 is 20.3 Å². The highest BCUT2D eigenvalue weighted by Crippen LogP contribution is 2.26. The van der Waals surface area contributed by atoms with E-state index in [4.69, 9.17) is 10.5 Å². The van der Waals surface area contributed by atoms with Gasteiger partial charge in [-0.2, -0.15) is 0 Å². The Hall–Kier alpha value is -4.67. The van der Waals surface area contributed by atoms with E-state index in [2.05, 4.69) is 4.98 Å². The molecule has 11 nitrogen and oxygen atoms in total. The molecule has 0 radical (unpaired) electrons. The minimum atomic E-state index is -0.825. The summed E-state index contributed by atoms with van der Waals surface area (Å²) in [5, 5.41) is 0. The van der Waals surface area contributed by atoms with Crippen LogP contribution in [0.25, 0.3) is 0 Å².